The first-order valence-corrected chi connectivity index (χ1v) is 15.2. The number of likely N-dealkylation sites (tertiary alicyclic amines) is 1. The SMILES string of the molecule is O=C(NC[C@@H]1CCN(Cc2ccc(Cl)cc2Cl)C(=O)[C@H](CCN2CCCCC2)N1)c1ccc2cc(Cl)ccc2c1. The first-order valence-electron chi connectivity index (χ1n) is 14.0. The molecule has 3 aromatic rings. The largest absolute Gasteiger partial charge is 0.350 e. The van der Waals surface area contributed by atoms with E-state index in [4.69, 9.17) is 34.8 Å². The third-order valence-corrected chi connectivity index (χ3v) is 8.75. The third kappa shape index (κ3) is 7.48. The van der Waals surface area contributed by atoms with Crippen LogP contribution < -0.4 is 10.6 Å². The Kier molecular flexibility index (Phi) is 9.87. The maximum atomic E-state index is 13.7. The van der Waals surface area contributed by atoms with E-state index in [1.54, 1.807) is 12.1 Å². The molecule has 9 heteroatoms. The molecule has 3 aromatic carbocycles. The highest BCUT2D eigenvalue weighted by molar-refractivity contribution is 6.35. The second-order valence-corrected chi connectivity index (χ2v) is 12.1. The lowest BCUT2D eigenvalue weighted by Crippen LogP contribution is -2.50. The zero-order valence-corrected chi connectivity index (χ0v) is 24.7. The molecule has 2 aliphatic heterocycles. The number of fused-ring (bicyclic) bond motifs is 1. The second kappa shape index (κ2) is 13.5. The van der Waals surface area contributed by atoms with Crippen LogP contribution in [0.4, 0.5) is 0 Å². The van der Waals surface area contributed by atoms with E-state index in [-0.39, 0.29) is 23.9 Å². The predicted octanol–water partition coefficient (Wildman–Crippen LogP) is 6.17. The van der Waals surface area contributed by atoms with Gasteiger partial charge in [-0.1, -0.05) is 59.4 Å². The van der Waals surface area contributed by atoms with E-state index in [9.17, 15) is 9.59 Å². The molecule has 0 bridgehead atoms. The van der Waals surface area contributed by atoms with Gasteiger partial charge in [-0.2, -0.15) is 0 Å². The molecule has 0 unspecified atom stereocenters. The summed E-state index contributed by atoms with van der Waals surface area (Å²) in [4.78, 5) is 31.1. The van der Waals surface area contributed by atoms with Crippen molar-refractivity contribution in [2.24, 2.45) is 0 Å². The van der Waals surface area contributed by atoms with Gasteiger partial charge in [0.1, 0.15) is 0 Å². The van der Waals surface area contributed by atoms with Crippen molar-refractivity contribution in [3.63, 3.8) is 0 Å². The lowest BCUT2D eigenvalue weighted by Gasteiger charge is -2.30. The van der Waals surface area contributed by atoms with E-state index in [0.717, 1.165) is 42.4 Å². The molecule has 2 amide bonds. The maximum absolute atomic E-state index is 13.7. The molecule has 6 nitrogen and oxygen atoms in total. The summed E-state index contributed by atoms with van der Waals surface area (Å²) in [5, 5.41) is 10.4. The molecule has 2 saturated heterocycles. The van der Waals surface area contributed by atoms with Crippen LogP contribution in [0.2, 0.25) is 15.1 Å². The lowest BCUT2D eigenvalue weighted by molar-refractivity contribution is -0.133. The predicted molar refractivity (Wildman–Crippen MR) is 163 cm³/mol. The molecule has 2 N–H and O–H groups in total. The molecule has 5 rings (SSSR count). The number of nitrogens with one attached hydrogen (secondary N) is 2. The van der Waals surface area contributed by atoms with Crippen molar-refractivity contribution < 1.29 is 9.59 Å². The van der Waals surface area contributed by atoms with Crippen LogP contribution in [0.15, 0.2) is 54.6 Å². The van der Waals surface area contributed by atoms with Crippen LogP contribution in [0.25, 0.3) is 10.8 Å². The number of halogens is 3. The van der Waals surface area contributed by atoms with Gasteiger partial charge in [-0.25, -0.2) is 0 Å². The van der Waals surface area contributed by atoms with Crippen molar-refractivity contribution in [1.82, 2.24) is 20.4 Å². The van der Waals surface area contributed by atoms with Gasteiger partial charge in [0.25, 0.3) is 5.91 Å². The molecule has 0 saturated carbocycles. The van der Waals surface area contributed by atoms with E-state index in [1.807, 2.05) is 47.4 Å². The molecule has 0 aliphatic carbocycles. The molecule has 2 fully saturated rings. The number of benzene rings is 3. The Balaban J connectivity index is 1.26. The molecule has 2 heterocycles. The summed E-state index contributed by atoms with van der Waals surface area (Å²) in [5.41, 5.74) is 1.47. The minimum Gasteiger partial charge on any atom is -0.350 e. The van der Waals surface area contributed by atoms with E-state index in [2.05, 4.69) is 15.5 Å². The minimum absolute atomic E-state index is 0.0378. The van der Waals surface area contributed by atoms with Crippen LogP contribution in [-0.4, -0.2) is 66.4 Å². The highest BCUT2D eigenvalue weighted by Crippen LogP contribution is 2.24. The van der Waals surface area contributed by atoms with Gasteiger partial charge in [0.15, 0.2) is 0 Å². The fraction of sp³-hybridized carbons (Fsp3) is 0.419. The highest BCUT2D eigenvalue weighted by Gasteiger charge is 2.31. The molecule has 0 spiro atoms. The standard InChI is InChI=1S/C31H35Cl3N4O2/c32-25-8-6-21-16-23(5-4-22(21)17-25)30(39)35-19-27-10-15-38(20-24-7-9-26(33)18-28(24)34)31(40)29(36-27)11-14-37-12-2-1-3-13-37/h4-9,16-18,27,29,36H,1-3,10-15,19-20H2,(H,35,39)/t27-,29-/m0/s1. The third-order valence-electron chi connectivity index (χ3n) is 7.93. The first-order chi connectivity index (χ1) is 19.4. The summed E-state index contributed by atoms with van der Waals surface area (Å²) in [6, 6.07) is 16.3. The Hall–Kier alpha value is -2.35. The van der Waals surface area contributed by atoms with Gasteiger partial charge in [0.05, 0.1) is 6.04 Å². The van der Waals surface area contributed by atoms with Crippen LogP contribution in [0.1, 0.15) is 48.0 Å². The number of piperidine rings is 1. The Morgan fingerprint density at radius 1 is 0.900 bits per heavy atom. The van der Waals surface area contributed by atoms with E-state index in [1.165, 1.54) is 19.3 Å². The van der Waals surface area contributed by atoms with Crippen molar-refractivity contribution in [1.29, 1.82) is 0 Å². The van der Waals surface area contributed by atoms with Gasteiger partial charge < -0.3 is 20.4 Å². The summed E-state index contributed by atoms with van der Waals surface area (Å²) >= 11 is 18.6. The van der Waals surface area contributed by atoms with Gasteiger partial charge in [0.2, 0.25) is 5.91 Å². The van der Waals surface area contributed by atoms with Gasteiger partial charge in [0, 0.05) is 52.9 Å². The van der Waals surface area contributed by atoms with Gasteiger partial charge in [-0.15, -0.1) is 0 Å². The average Bonchev–Trinajstić information content (AvgIpc) is 3.10. The van der Waals surface area contributed by atoms with Crippen LogP contribution in [0, 0.1) is 0 Å². The average molecular weight is 602 g/mol. The maximum Gasteiger partial charge on any atom is 0.251 e. The van der Waals surface area contributed by atoms with Crippen molar-refractivity contribution in [2.45, 2.75) is 50.7 Å². The number of carbonyl (C=O) groups is 2. The highest BCUT2D eigenvalue weighted by atomic mass is 35.5. The normalized spacial score (nSPS) is 20.5. The van der Waals surface area contributed by atoms with Gasteiger partial charge >= 0.3 is 0 Å². The summed E-state index contributed by atoms with van der Waals surface area (Å²) in [5.74, 6) is -0.0612. The fourth-order valence-corrected chi connectivity index (χ4v) is 6.28. The van der Waals surface area contributed by atoms with Gasteiger partial charge in [-0.3, -0.25) is 9.59 Å². The summed E-state index contributed by atoms with van der Waals surface area (Å²) in [7, 11) is 0. The van der Waals surface area contributed by atoms with Crippen LogP contribution in [-0.2, 0) is 11.3 Å². The number of hydrogen-bond acceptors (Lipinski definition) is 4. The first kappa shape index (κ1) is 29.2. The van der Waals surface area contributed by atoms with Crippen LogP contribution >= 0.6 is 34.8 Å². The van der Waals surface area contributed by atoms with Crippen molar-refractivity contribution in [3.8, 4) is 0 Å². The quantitative estimate of drug-likeness (QED) is 0.324. The summed E-state index contributed by atoms with van der Waals surface area (Å²) in [6.45, 7) is 4.48. The topological polar surface area (TPSA) is 64.7 Å². The summed E-state index contributed by atoms with van der Waals surface area (Å²) in [6.07, 6.45) is 5.14. The minimum atomic E-state index is -0.331. The van der Waals surface area contributed by atoms with Crippen molar-refractivity contribution in [3.05, 3.63) is 80.8 Å². The van der Waals surface area contributed by atoms with E-state index in [0.29, 0.717) is 46.7 Å². The van der Waals surface area contributed by atoms with Crippen LogP contribution in [0.3, 0.4) is 0 Å². The molecule has 2 atom stereocenters. The Bertz CT molecular complexity index is 1360. The Morgan fingerprint density at radius 3 is 2.42 bits per heavy atom. The molecule has 212 valence electrons. The Morgan fingerprint density at radius 2 is 1.62 bits per heavy atom. The van der Waals surface area contributed by atoms with Crippen LogP contribution in [0.5, 0.6) is 0 Å². The van der Waals surface area contributed by atoms with Gasteiger partial charge in [-0.05, 0) is 91.5 Å². The second-order valence-electron chi connectivity index (χ2n) is 10.8. The number of carbonyl (C=O) groups excluding carboxylic acids is 2. The fourth-order valence-electron chi connectivity index (χ4n) is 5.63. The molecule has 0 radical (unpaired) electrons. The zero-order valence-electron chi connectivity index (χ0n) is 22.5. The van der Waals surface area contributed by atoms with Crippen molar-refractivity contribution >= 4 is 57.4 Å². The smallest absolute Gasteiger partial charge is 0.251 e. The van der Waals surface area contributed by atoms with Crippen molar-refractivity contribution in [2.75, 3.05) is 32.7 Å². The Labute approximate surface area is 250 Å². The number of amides is 2. The number of hydrogen-bond donors (Lipinski definition) is 2. The van der Waals surface area contributed by atoms with E-state index >= 15 is 0 Å². The van der Waals surface area contributed by atoms with E-state index < -0.39 is 0 Å². The molecular formula is C31H35Cl3N4O2. The monoisotopic (exact) mass is 600 g/mol. The lowest BCUT2D eigenvalue weighted by atomic mass is 10.1. The zero-order chi connectivity index (χ0) is 28.1. The number of rotatable bonds is 8. The molecule has 0 aromatic heterocycles. The summed E-state index contributed by atoms with van der Waals surface area (Å²) < 4.78 is 0. The molecule has 2 aliphatic rings. The number of nitrogens with zero attached hydrogens (tertiary/aromatic N) is 2. The molecule has 40 heavy (non-hydrogen) atoms. The molecular weight excluding hydrogens is 567 g/mol.